The number of carbonyl (C=O) groups is 1. The number of carbonyl (C=O) groups excluding carboxylic acids is 1. The van der Waals surface area contributed by atoms with Crippen molar-refractivity contribution >= 4 is 5.91 Å². The van der Waals surface area contributed by atoms with Gasteiger partial charge in [-0.25, -0.2) is 4.39 Å². The van der Waals surface area contributed by atoms with Crippen LogP contribution in [0.5, 0.6) is 0 Å². The third-order valence-electron chi connectivity index (χ3n) is 3.75. The van der Waals surface area contributed by atoms with Gasteiger partial charge < -0.3 is 5.32 Å². The Labute approximate surface area is 113 Å². The molecule has 2 rings (SSSR count). The minimum atomic E-state index is -0.175. The molecule has 4 heteroatoms. The van der Waals surface area contributed by atoms with Crippen LogP contribution >= 0.6 is 0 Å². The fourth-order valence-electron chi connectivity index (χ4n) is 2.29. The van der Waals surface area contributed by atoms with Gasteiger partial charge in [-0.15, -0.1) is 0 Å². The number of hydrogen-bond acceptors (Lipinski definition) is 2. The van der Waals surface area contributed by atoms with E-state index in [0.717, 1.165) is 5.56 Å². The number of nitrogens with one attached hydrogen (secondary N) is 1. The van der Waals surface area contributed by atoms with Crippen molar-refractivity contribution in [3.8, 4) is 0 Å². The van der Waals surface area contributed by atoms with Gasteiger partial charge in [0.2, 0.25) is 5.91 Å². The molecule has 0 bridgehead atoms. The second kappa shape index (κ2) is 5.53. The van der Waals surface area contributed by atoms with Gasteiger partial charge in [-0.05, 0) is 37.2 Å². The van der Waals surface area contributed by atoms with E-state index in [9.17, 15) is 9.18 Å². The molecule has 19 heavy (non-hydrogen) atoms. The Balaban J connectivity index is 1.95. The van der Waals surface area contributed by atoms with E-state index in [0.29, 0.717) is 18.7 Å². The SMILES string of the molecule is C=CNC(=O)C1CN(C(C)c2ccc(C)c(F)c2)C1. The molecule has 0 saturated carbocycles. The predicted octanol–water partition coefficient (Wildman–Crippen LogP) is 2.39. The van der Waals surface area contributed by atoms with Crippen LogP contribution in [0.2, 0.25) is 0 Å². The average Bonchev–Trinajstić information content (AvgIpc) is 2.31. The lowest BCUT2D eigenvalue weighted by molar-refractivity contribution is -0.130. The zero-order chi connectivity index (χ0) is 14.0. The van der Waals surface area contributed by atoms with E-state index in [1.54, 1.807) is 19.1 Å². The summed E-state index contributed by atoms with van der Waals surface area (Å²) < 4.78 is 13.5. The minimum absolute atomic E-state index is 0.00790. The summed E-state index contributed by atoms with van der Waals surface area (Å²) in [6, 6.07) is 5.45. The molecule has 1 amide bonds. The van der Waals surface area contributed by atoms with Crippen molar-refractivity contribution < 1.29 is 9.18 Å². The van der Waals surface area contributed by atoms with Gasteiger partial charge in [-0.2, -0.15) is 0 Å². The summed E-state index contributed by atoms with van der Waals surface area (Å²) >= 11 is 0. The number of rotatable bonds is 4. The summed E-state index contributed by atoms with van der Waals surface area (Å²) in [6.45, 7) is 8.67. The van der Waals surface area contributed by atoms with Gasteiger partial charge >= 0.3 is 0 Å². The van der Waals surface area contributed by atoms with Crippen LogP contribution in [-0.4, -0.2) is 23.9 Å². The first-order valence-corrected chi connectivity index (χ1v) is 6.44. The normalized spacial score (nSPS) is 17.6. The van der Waals surface area contributed by atoms with Gasteiger partial charge in [0, 0.05) is 19.1 Å². The number of benzene rings is 1. The summed E-state index contributed by atoms with van der Waals surface area (Å²) in [6.07, 6.45) is 1.41. The molecule has 102 valence electrons. The van der Waals surface area contributed by atoms with E-state index in [4.69, 9.17) is 0 Å². The van der Waals surface area contributed by atoms with Gasteiger partial charge in [0.1, 0.15) is 5.82 Å². The van der Waals surface area contributed by atoms with E-state index >= 15 is 0 Å². The van der Waals surface area contributed by atoms with Crippen molar-refractivity contribution in [2.45, 2.75) is 19.9 Å². The molecular weight excluding hydrogens is 243 g/mol. The molecule has 1 aromatic rings. The smallest absolute Gasteiger partial charge is 0.229 e. The van der Waals surface area contributed by atoms with Crippen LogP contribution in [0, 0.1) is 18.7 Å². The maximum Gasteiger partial charge on any atom is 0.229 e. The van der Waals surface area contributed by atoms with Gasteiger partial charge in [0.15, 0.2) is 0 Å². The third-order valence-corrected chi connectivity index (χ3v) is 3.75. The number of nitrogens with zero attached hydrogens (tertiary/aromatic N) is 1. The summed E-state index contributed by atoms with van der Waals surface area (Å²) in [5.74, 6) is -0.157. The highest BCUT2D eigenvalue weighted by atomic mass is 19.1. The Hall–Kier alpha value is -1.68. The fourth-order valence-corrected chi connectivity index (χ4v) is 2.29. The van der Waals surface area contributed by atoms with Crippen molar-refractivity contribution in [3.63, 3.8) is 0 Å². The van der Waals surface area contributed by atoms with E-state index in [1.807, 2.05) is 13.0 Å². The number of hydrogen-bond donors (Lipinski definition) is 1. The Morgan fingerprint density at radius 2 is 2.26 bits per heavy atom. The summed E-state index contributed by atoms with van der Waals surface area (Å²) in [5.41, 5.74) is 1.61. The van der Waals surface area contributed by atoms with Crippen molar-refractivity contribution in [1.82, 2.24) is 10.2 Å². The molecular formula is C15H19FN2O. The number of likely N-dealkylation sites (tertiary alicyclic amines) is 1. The molecule has 0 aromatic heterocycles. The molecule has 1 fully saturated rings. The number of halogens is 1. The van der Waals surface area contributed by atoms with E-state index < -0.39 is 0 Å². The molecule has 1 saturated heterocycles. The second-order valence-corrected chi connectivity index (χ2v) is 5.05. The second-order valence-electron chi connectivity index (χ2n) is 5.05. The Morgan fingerprint density at radius 1 is 1.58 bits per heavy atom. The summed E-state index contributed by atoms with van der Waals surface area (Å²) in [4.78, 5) is 13.7. The standard InChI is InChI=1S/C15H19FN2O/c1-4-17-15(19)13-8-18(9-13)11(3)12-6-5-10(2)14(16)7-12/h4-7,11,13H,1,8-9H2,2-3H3,(H,17,19). The maximum atomic E-state index is 13.5. The van der Waals surface area contributed by atoms with Gasteiger partial charge in [0.05, 0.1) is 5.92 Å². The molecule has 0 radical (unpaired) electrons. The Bertz CT molecular complexity index is 495. The highest BCUT2D eigenvalue weighted by molar-refractivity contribution is 5.80. The molecule has 0 aliphatic carbocycles. The van der Waals surface area contributed by atoms with Crippen LogP contribution in [0.4, 0.5) is 4.39 Å². The van der Waals surface area contributed by atoms with E-state index in [1.165, 1.54) is 6.20 Å². The van der Waals surface area contributed by atoms with Gasteiger partial charge in [0.25, 0.3) is 0 Å². The van der Waals surface area contributed by atoms with E-state index in [2.05, 4.69) is 16.8 Å². The highest BCUT2D eigenvalue weighted by Crippen LogP contribution is 2.29. The van der Waals surface area contributed by atoms with Crippen molar-refractivity contribution in [3.05, 3.63) is 47.9 Å². The Morgan fingerprint density at radius 3 is 2.84 bits per heavy atom. The molecule has 1 N–H and O–H groups in total. The van der Waals surface area contributed by atoms with Gasteiger partial charge in [-0.1, -0.05) is 18.7 Å². The van der Waals surface area contributed by atoms with Crippen LogP contribution in [-0.2, 0) is 4.79 Å². The predicted molar refractivity (Wildman–Crippen MR) is 73.0 cm³/mol. The molecule has 1 unspecified atom stereocenters. The maximum absolute atomic E-state index is 13.5. The largest absolute Gasteiger partial charge is 0.333 e. The molecule has 1 atom stereocenters. The molecule has 3 nitrogen and oxygen atoms in total. The topological polar surface area (TPSA) is 32.3 Å². The fraction of sp³-hybridized carbons (Fsp3) is 0.400. The van der Waals surface area contributed by atoms with E-state index in [-0.39, 0.29) is 23.7 Å². The lowest BCUT2D eigenvalue weighted by atomic mass is 9.94. The van der Waals surface area contributed by atoms with Crippen molar-refractivity contribution in [1.29, 1.82) is 0 Å². The zero-order valence-corrected chi connectivity index (χ0v) is 11.3. The quantitative estimate of drug-likeness (QED) is 0.903. The van der Waals surface area contributed by atoms with Gasteiger partial charge in [-0.3, -0.25) is 9.69 Å². The first kappa shape index (κ1) is 13.7. The van der Waals surface area contributed by atoms with Crippen LogP contribution < -0.4 is 5.32 Å². The lowest BCUT2D eigenvalue weighted by Gasteiger charge is -2.42. The number of amides is 1. The number of aryl methyl sites for hydroxylation is 1. The molecule has 1 heterocycles. The third kappa shape index (κ3) is 2.84. The van der Waals surface area contributed by atoms with Crippen LogP contribution in [0.25, 0.3) is 0 Å². The Kier molecular flexibility index (Phi) is 4.00. The molecule has 0 spiro atoms. The van der Waals surface area contributed by atoms with Crippen LogP contribution in [0.3, 0.4) is 0 Å². The monoisotopic (exact) mass is 262 g/mol. The molecule has 1 aliphatic rings. The first-order valence-electron chi connectivity index (χ1n) is 6.44. The highest BCUT2D eigenvalue weighted by Gasteiger charge is 2.35. The molecule has 1 aliphatic heterocycles. The first-order chi connectivity index (χ1) is 9.02. The van der Waals surface area contributed by atoms with Crippen LogP contribution in [0.1, 0.15) is 24.1 Å². The lowest BCUT2D eigenvalue weighted by Crippen LogP contribution is -2.53. The average molecular weight is 262 g/mol. The van der Waals surface area contributed by atoms with Crippen molar-refractivity contribution in [2.24, 2.45) is 5.92 Å². The summed E-state index contributed by atoms with van der Waals surface area (Å²) in [5, 5.41) is 2.60. The summed E-state index contributed by atoms with van der Waals surface area (Å²) in [7, 11) is 0. The van der Waals surface area contributed by atoms with Crippen LogP contribution in [0.15, 0.2) is 31.0 Å². The van der Waals surface area contributed by atoms with Crippen molar-refractivity contribution in [2.75, 3.05) is 13.1 Å². The zero-order valence-electron chi connectivity index (χ0n) is 11.3. The molecule has 1 aromatic carbocycles. The minimum Gasteiger partial charge on any atom is -0.333 e.